The first-order chi connectivity index (χ1) is 14.5. The van der Waals surface area contributed by atoms with Gasteiger partial charge in [0.1, 0.15) is 10.6 Å². The van der Waals surface area contributed by atoms with E-state index in [1.54, 1.807) is 32.3 Å². The summed E-state index contributed by atoms with van der Waals surface area (Å²) in [5.74, 6) is -1.36. The number of amides is 1. The molecule has 0 saturated heterocycles. The normalized spacial score (nSPS) is 13.3. The molecule has 1 aliphatic rings. The molecule has 3 aromatic heterocycles. The Bertz CT molecular complexity index is 1130. The second kappa shape index (κ2) is 8.23. The maximum atomic E-state index is 12.5. The van der Waals surface area contributed by atoms with Gasteiger partial charge in [0.05, 0.1) is 17.9 Å². The van der Waals surface area contributed by atoms with Crippen molar-refractivity contribution in [1.29, 1.82) is 0 Å². The number of aromatic nitrogens is 3. The lowest BCUT2D eigenvalue weighted by molar-refractivity contribution is -0.119. The number of hydrogen-bond acceptors (Lipinski definition) is 8. The molecule has 1 fully saturated rings. The van der Waals surface area contributed by atoms with Crippen LogP contribution in [0.1, 0.15) is 57.7 Å². The molecular weight excluding hydrogens is 408 g/mol. The average molecular weight is 428 g/mol. The predicted octanol–water partition coefficient (Wildman–Crippen LogP) is 2.95. The fraction of sp³-hybridized carbons (Fsp3) is 0.350. The van der Waals surface area contributed by atoms with E-state index in [-0.39, 0.29) is 12.2 Å². The second-order valence-electron chi connectivity index (χ2n) is 6.86. The van der Waals surface area contributed by atoms with Crippen LogP contribution < -0.4 is 5.32 Å². The smallest absolute Gasteiger partial charge is 0.344 e. The zero-order valence-electron chi connectivity index (χ0n) is 16.5. The molecule has 0 aromatic carbocycles. The van der Waals surface area contributed by atoms with Gasteiger partial charge in [-0.3, -0.25) is 4.79 Å². The molecule has 1 saturated carbocycles. The number of ether oxygens (including phenoxy) is 2. The molecule has 10 heteroatoms. The molecule has 3 aromatic rings. The SMILES string of the molecule is CCOC(=O)c1c(C2CC2)csc1NC(=O)COC(=O)c1c(C)nn2cccnc12. The number of fused-ring (bicyclic) bond motifs is 1. The summed E-state index contributed by atoms with van der Waals surface area (Å²) in [5.41, 5.74) is 2.32. The number of anilines is 1. The number of carbonyl (C=O) groups excluding carboxylic acids is 3. The van der Waals surface area contributed by atoms with Gasteiger partial charge in [0, 0.05) is 12.4 Å². The van der Waals surface area contributed by atoms with Crippen molar-refractivity contribution in [3.05, 3.63) is 46.2 Å². The number of nitrogens with one attached hydrogen (secondary N) is 1. The van der Waals surface area contributed by atoms with Crippen LogP contribution in [0.15, 0.2) is 23.8 Å². The van der Waals surface area contributed by atoms with Gasteiger partial charge in [-0.25, -0.2) is 19.1 Å². The number of carbonyl (C=O) groups is 3. The van der Waals surface area contributed by atoms with Gasteiger partial charge in [-0.2, -0.15) is 5.10 Å². The number of aryl methyl sites for hydroxylation is 1. The molecule has 0 radical (unpaired) electrons. The maximum Gasteiger partial charge on any atom is 0.344 e. The minimum absolute atomic E-state index is 0.211. The summed E-state index contributed by atoms with van der Waals surface area (Å²) in [5, 5.41) is 9.16. The van der Waals surface area contributed by atoms with Gasteiger partial charge in [0.2, 0.25) is 0 Å². The number of thiophene rings is 1. The zero-order chi connectivity index (χ0) is 21.3. The van der Waals surface area contributed by atoms with Crippen molar-refractivity contribution >= 4 is 39.8 Å². The average Bonchev–Trinajstić information content (AvgIpc) is 3.39. The van der Waals surface area contributed by atoms with Crippen LogP contribution in [0.5, 0.6) is 0 Å². The van der Waals surface area contributed by atoms with E-state index < -0.39 is 24.5 Å². The molecule has 3 heterocycles. The molecule has 4 rings (SSSR count). The van der Waals surface area contributed by atoms with Gasteiger partial charge in [-0.15, -0.1) is 11.3 Å². The topological polar surface area (TPSA) is 112 Å². The lowest BCUT2D eigenvalue weighted by atomic mass is 10.1. The Balaban J connectivity index is 1.45. The minimum Gasteiger partial charge on any atom is -0.462 e. The summed E-state index contributed by atoms with van der Waals surface area (Å²) in [6.45, 7) is 3.15. The molecule has 1 amide bonds. The van der Waals surface area contributed by atoms with Crippen LogP contribution in [0.2, 0.25) is 0 Å². The summed E-state index contributed by atoms with van der Waals surface area (Å²) < 4.78 is 11.8. The van der Waals surface area contributed by atoms with Crippen molar-refractivity contribution in [1.82, 2.24) is 14.6 Å². The van der Waals surface area contributed by atoms with Gasteiger partial charge in [-0.1, -0.05) is 0 Å². The number of esters is 2. The first kappa shape index (κ1) is 20.0. The van der Waals surface area contributed by atoms with Gasteiger partial charge < -0.3 is 14.8 Å². The highest BCUT2D eigenvalue weighted by Gasteiger charge is 2.32. The minimum atomic E-state index is -0.688. The number of hydrogen-bond donors (Lipinski definition) is 1. The summed E-state index contributed by atoms with van der Waals surface area (Å²) >= 11 is 1.27. The highest BCUT2D eigenvalue weighted by Crippen LogP contribution is 2.46. The molecule has 0 unspecified atom stereocenters. The molecule has 0 spiro atoms. The van der Waals surface area contributed by atoms with E-state index in [0.29, 0.717) is 27.8 Å². The summed E-state index contributed by atoms with van der Waals surface area (Å²) in [7, 11) is 0. The molecule has 30 heavy (non-hydrogen) atoms. The third-order valence-electron chi connectivity index (χ3n) is 4.68. The van der Waals surface area contributed by atoms with Crippen LogP contribution >= 0.6 is 11.3 Å². The fourth-order valence-electron chi connectivity index (χ4n) is 3.17. The van der Waals surface area contributed by atoms with Crippen LogP contribution in [0, 0.1) is 6.92 Å². The molecule has 1 aliphatic carbocycles. The Labute approximate surface area is 176 Å². The monoisotopic (exact) mass is 428 g/mol. The standard InChI is InChI=1S/C20H20N4O5S/c1-3-28-20(27)16-13(12-5-6-12)10-30-18(16)22-14(25)9-29-19(26)15-11(2)23-24-8-4-7-21-17(15)24/h4,7-8,10,12H,3,5-6,9H2,1-2H3,(H,22,25). The van der Waals surface area contributed by atoms with Gasteiger partial charge in [0.25, 0.3) is 5.91 Å². The van der Waals surface area contributed by atoms with Crippen molar-refractivity contribution in [3.63, 3.8) is 0 Å². The Hall–Kier alpha value is -3.27. The first-order valence-corrected chi connectivity index (χ1v) is 10.4. The largest absolute Gasteiger partial charge is 0.462 e. The van der Waals surface area contributed by atoms with Crippen molar-refractivity contribution < 1.29 is 23.9 Å². The zero-order valence-corrected chi connectivity index (χ0v) is 17.3. The lowest BCUT2D eigenvalue weighted by Gasteiger charge is -2.08. The predicted molar refractivity (Wildman–Crippen MR) is 109 cm³/mol. The van der Waals surface area contributed by atoms with E-state index in [4.69, 9.17) is 9.47 Å². The van der Waals surface area contributed by atoms with E-state index in [1.807, 2.05) is 5.38 Å². The molecular formula is C20H20N4O5S. The van der Waals surface area contributed by atoms with E-state index >= 15 is 0 Å². The molecule has 1 N–H and O–H groups in total. The summed E-state index contributed by atoms with van der Waals surface area (Å²) in [6.07, 6.45) is 5.25. The van der Waals surface area contributed by atoms with Crippen LogP contribution in [0.3, 0.4) is 0 Å². The quantitative estimate of drug-likeness (QED) is 0.576. The van der Waals surface area contributed by atoms with Crippen molar-refractivity contribution in [2.75, 3.05) is 18.5 Å². The highest BCUT2D eigenvalue weighted by molar-refractivity contribution is 7.15. The van der Waals surface area contributed by atoms with Gasteiger partial charge in [-0.05, 0) is 49.6 Å². The Morgan fingerprint density at radius 1 is 1.23 bits per heavy atom. The Morgan fingerprint density at radius 3 is 2.73 bits per heavy atom. The van der Waals surface area contributed by atoms with E-state index in [9.17, 15) is 14.4 Å². The fourth-order valence-corrected chi connectivity index (χ4v) is 4.22. The molecule has 0 aliphatic heterocycles. The molecule has 156 valence electrons. The van der Waals surface area contributed by atoms with E-state index in [1.165, 1.54) is 15.9 Å². The van der Waals surface area contributed by atoms with E-state index in [0.717, 1.165) is 18.4 Å². The summed E-state index contributed by atoms with van der Waals surface area (Å²) in [6, 6.07) is 1.69. The van der Waals surface area contributed by atoms with Crippen molar-refractivity contribution in [2.24, 2.45) is 0 Å². The van der Waals surface area contributed by atoms with Crippen LogP contribution in [0.25, 0.3) is 5.65 Å². The number of nitrogens with zero attached hydrogens (tertiary/aromatic N) is 3. The second-order valence-corrected chi connectivity index (χ2v) is 7.74. The van der Waals surface area contributed by atoms with Gasteiger partial charge >= 0.3 is 11.9 Å². The van der Waals surface area contributed by atoms with Crippen molar-refractivity contribution in [3.8, 4) is 0 Å². The Kier molecular flexibility index (Phi) is 5.49. The Morgan fingerprint density at radius 2 is 2.00 bits per heavy atom. The van der Waals surface area contributed by atoms with Gasteiger partial charge in [0.15, 0.2) is 12.3 Å². The number of rotatable bonds is 7. The lowest BCUT2D eigenvalue weighted by Crippen LogP contribution is -2.22. The third-order valence-corrected chi connectivity index (χ3v) is 5.59. The maximum absolute atomic E-state index is 12.5. The van der Waals surface area contributed by atoms with Crippen LogP contribution in [-0.4, -0.2) is 45.7 Å². The third kappa shape index (κ3) is 3.90. The van der Waals surface area contributed by atoms with Crippen LogP contribution in [-0.2, 0) is 14.3 Å². The first-order valence-electron chi connectivity index (χ1n) is 9.55. The highest BCUT2D eigenvalue weighted by atomic mass is 32.1. The van der Waals surface area contributed by atoms with Crippen LogP contribution in [0.4, 0.5) is 5.00 Å². The molecule has 0 bridgehead atoms. The molecule has 0 atom stereocenters. The van der Waals surface area contributed by atoms with E-state index in [2.05, 4.69) is 15.4 Å². The molecule has 9 nitrogen and oxygen atoms in total. The van der Waals surface area contributed by atoms with Crippen molar-refractivity contribution in [2.45, 2.75) is 32.6 Å². The summed E-state index contributed by atoms with van der Waals surface area (Å²) in [4.78, 5) is 41.4.